The summed E-state index contributed by atoms with van der Waals surface area (Å²) in [5.41, 5.74) is 0.0221. The first-order valence-corrected chi connectivity index (χ1v) is 9.40. The molecule has 0 radical (unpaired) electrons. The van der Waals surface area contributed by atoms with Crippen molar-refractivity contribution in [2.24, 2.45) is 0 Å². The monoisotopic (exact) mass is 392 g/mol. The van der Waals surface area contributed by atoms with Crippen molar-refractivity contribution in [1.82, 2.24) is 14.8 Å². The molecule has 1 fully saturated rings. The molecule has 156 valence electrons. The lowest BCUT2D eigenvalue weighted by molar-refractivity contribution is -0.537. The van der Waals surface area contributed by atoms with Crippen molar-refractivity contribution in [3.05, 3.63) is 27.4 Å². The summed E-state index contributed by atoms with van der Waals surface area (Å²) in [6, 6.07) is 0.120. The van der Waals surface area contributed by atoms with Gasteiger partial charge < -0.3 is 24.6 Å². The zero-order valence-electron chi connectivity index (χ0n) is 17.3. The molecular weight excluding hydrogens is 364 g/mol. The average Bonchev–Trinajstić information content (AvgIpc) is 3.09. The fourth-order valence-electron chi connectivity index (χ4n) is 3.72. The zero-order valence-corrected chi connectivity index (χ0v) is 17.3. The molecule has 2 N–H and O–H groups in total. The van der Waals surface area contributed by atoms with Gasteiger partial charge >= 0.3 is 0 Å². The number of oxazole rings is 1. The van der Waals surface area contributed by atoms with Crippen LogP contribution in [-0.4, -0.2) is 46.2 Å². The molecule has 9 heteroatoms. The summed E-state index contributed by atoms with van der Waals surface area (Å²) in [7, 11) is 3.34. The van der Waals surface area contributed by atoms with Gasteiger partial charge in [-0.2, -0.15) is 4.98 Å². The van der Waals surface area contributed by atoms with Gasteiger partial charge in [0.25, 0.3) is 17.5 Å². The van der Waals surface area contributed by atoms with Crippen molar-refractivity contribution in [3.8, 4) is 5.88 Å². The van der Waals surface area contributed by atoms with Crippen LogP contribution in [0.3, 0.4) is 0 Å². The second-order valence-corrected chi connectivity index (χ2v) is 8.96. The highest BCUT2D eigenvalue weighted by molar-refractivity contribution is 5.39. The molecule has 1 aliphatic carbocycles. The third-order valence-corrected chi connectivity index (χ3v) is 5.26. The maximum atomic E-state index is 13.0. The van der Waals surface area contributed by atoms with Gasteiger partial charge in [-0.1, -0.05) is 13.8 Å². The minimum atomic E-state index is -1.40. The van der Waals surface area contributed by atoms with Crippen molar-refractivity contribution in [3.63, 3.8) is 0 Å². The first kappa shape index (κ1) is 20.5. The summed E-state index contributed by atoms with van der Waals surface area (Å²) >= 11 is 0. The van der Waals surface area contributed by atoms with Crippen LogP contribution in [-0.2, 0) is 5.54 Å². The Bertz CT molecular complexity index is 908. The maximum Gasteiger partial charge on any atom is 0.300 e. The molecule has 0 bridgehead atoms. The number of anilines is 1. The highest BCUT2D eigenvalue weighted by Crippen LogP contribution is 2.48. The summed E-state index contributed by atoms with van der Waals surface area (Å²) in [6.45, 7) is 9.44. The lowest BCUT2D eigenvalue weighted by Gasteiger charge is -2.59. The van der Waals surface area contributed by atoms with E-state index in [1.807, 2.05) is 34.6 Å². The van der Waals surface area contributed by atoms with Crippen molar-refractivity contribution < 1.29 is 19.7 Å². The summed E-state index contributed by atoms with van der Waals surface area (Å²) in [6.07, 6.45) is -2.79. The first-order chi connectivity index (χ1) is 12.9. The van der Waals surface area contributed by atoms with Gasteiger partial charge in [0.05, 0.1) is 5.54 Å². The number of hydrogen-bond acceptors (Lipinski definition) is 7. The number of aromatic amines is 1. The molecule has 9 nitrogen and oxygen atoms in total. The molecular formula is C19H28N4O5-2. The van der Waals surface area contributed by atoms with Crippen LogP contribution in [0.1, 0.15) is 69.4 Å². The van der Waals surface area contributed by atoms with E-state index in [0.717, 1.165) is 0 Å². The predicted molar refractivity (Wildman–Crippen MR) is 99.7 cm³/mol. The Morgan fingerprint density at radius 3 is 2.21 bits per heavy atom. The average molecular weight is 392 g/mol. The van der Waals surface area contributed by atoms with E-state index in [9.17, 15) is 20.1 Å². The van der Waals surface area contributed by atoms with E-state index >= 15 is 0 Å². The zero-order chi connectivity index (χ0) is 21.1. The van der Waals surface area contributed by atoms with Crippen molar-refractivity contribution in [1.29, 1.82) is 0 Å². The second kappa shape index (κ2) is 6.66. The smallest absolute Gasteiger partial charge is 0.300 e. The van der Waals surface area contributed by atoms with Gasteiger partial charge in [-0.3, -0.25) is 9.89 Å². The van der Waals surface area contributed by atoms with Crippen LogP contribution in [0.2, 0.25) is 0 Å². The molecule has 2 aromatic rings. The van der Waals surface area contributed by atoms with Gasteiger partial charge in [-0.05, 0) is 38.5 Å². The number of H-pyrrole nitrogens is 1. The Morgan fingerprint density at radius 1 is 1.21 bits per heavy atom. The van der Waals surface area contributed by atoms with Crippen LogP contribution >= 0.6 is 0 Å². The summed E-state index contributed by atoms with van der Waals surface area (Å²) < 4.78 is 6.92. The van der Waals surface area contributed by atoms with E-state index in [4.69, 9.17) is 4.42 Å². The number of nitrogens with zero attached hydrogens (tertiary/aromatic N) is 3. The normalized spacial score (nSPS) is 25.2. The minimum absolute atomic E-state index is 0.0521. The molecule has 0 spiro atoms. The van der Waals surface area contributed by atoms with E-state index in [0.29, 0.717) is 5.69 Å². The molecule has 28 heavy (non-hydrogen) atoms. The molecule has 2 heterocycles. The number of aromatic nitrogens is 3. The van der Waals surface area contributed by atoms with Crippen molar-refractivity contribution >= 4 is 6.01 Å². The topological polar surface area (TPSA) is 133 Å². The van der Waals surface area contributed by atoms with Gasteiger partial charge in [-0.15, -0.1) is 12.2 Å². The van der Waals surface area contributed by atoms with Crippen LogP contribution in [0, 0.1) is 0 Å². The number of nitrogens with one attached hydrogen (secondary N) is 1. The van der Waals surface area contributed by atoms with Gasteiger partial charge in [0.1, 0.15) is 0 Å². The lowest BCUT2D eigenvalue weighted by atomic mass is 9.64. The van der Waals surface area contributed by atoms with E-state index < -0.39 is 35.5 Å². The van der Waals surface area contributed by atoms with E-state index in [1.54, 1.807) is 14.1 Å². The predicted octanol–water partition coefficient (Wildman–Crippen LogP) is 0.153. The van der Waals surface area contributed by atoms with Gasteiger partial charge in [0.15, 0.2) is 5.76 Å². The van der Waals surface area contributed by atoms with Crippen LogP contribution in [0.25, 0.3) is 0 Å². The molecule has 2 aromatic heterocycles. The quantitative estimate of drug-likeness (QED) is 0.757. The Labute approximate surface area is 163 Å². The second-order valence-electron chi connectivity index (χ2n) is 8.96. The summed E-state index contributed by atoms with van der Waals surface area (Å²) in [5.74, 6) is -2.67. The largest absolute Gasteiger partial charge is 0.851 e. The molecule has 2 unspecified atom stereocenters. The molecule has 0 amide bonds. The molecule has 0 aliphatic heterocycles. The first-order valence-electron chi connectivity index (χ1n) is 9.40. The van der Waals surface area contributed by atoms with Gasteiger partial charge in [-0.25, -0.2) is 4.68 Å². The fourth-order valence-corrected chi connectivity index (χ4v) is 3.72. The van der Waals surface area contributed by atoms with Crippen molar-refractivity contribution in [2.45, 2.75) is 70.1 Å². The molecule has 0 saturated heterocycles. The lowest BCUT2D eigenvalue weighted by Crippen LogP contribution is -2.64. The Hall–Kier alpha value is -2.26. The Kier molecular flexibility index (Phi) is 4.87. The number of aromatic hydroxyl groups is 1. The SMILES string of the molecule is CC(C)c1[nH]n(C(C)(C)C)c(=O)c1C1C([O-])C(c2oc(N(C)C)nc2O)C1[O-]. The standard InChI is InChI=1S/C19H28N4O5/c1-8(2)12-9(17(27)23(21-12)19(3,4)5)10-13(24)11(14(10)25)15-16(26)20-18(28-15)22(6)7/h8,10-11,13-14,21,26H,1-7H3/q-2. The van der Waals surface area contributed by atoms with Crippen LogP contribution in [0.5, 0.6) is 5.88 Å². The van der Waals surface area contributed by atoms with Crippen LogP contribution in [0.15, 0.2) is 9.21 Å². The molecule has 0 aromatic carbocycles. The molecule has 2 atom stereocenters. The highest BCUT2D eigenvalue weighted by atomic mass is 16.4. The minimum Gasteiger partial charge on any atom is -0.851 e. The van der Waals surface area contributed by atoms with Crippen LogP contribution in [0.4, 0.5) is 6.01 Å². The summed E-state index contributed by atoms with van der Waals surface area (Å²) in [5, 5.41) is 39.1. The van der Waals surface area contributed by atoms with E-state index in [1.165, 1.54) is 9.58 Å². The van der Waals surface area contributed by atoms with E-state index in [2.05, 4.69) is 10.1 Å². The van der Waals surface area contributed by atoms with Crippen LogP contribution < -0.4 is 20.7 Å². The molecule has 1 aliphatic rings. The Morgan fingerprint density at radius 2 is 1.79 bits per heavy atom. The number of hydrogen-bond donors (Lipinski definition) is 2. The van der Waals surface area contributed by atoms with Crippen molar-refractivity contribution in [2.75, 3.05) is 19.0 Å². The summed E-state index contributed by atoms with van der Waals surface area (Å²) in [4.78, 5) is 18.4. The van der Waals surface area contributed by atoms with Gasteiger partial charge in [0, 0.05) is 25.4 Å². The molecule has 1 saturated carbocycles. The van der Waals surface area contributed by atoms with E-state index in [-0.39, 0.29) is 28.8 Å². The molecule has 3 rings (SSSR count). The number of rotatable bonds is 4. The maximum absolute atomic E-state index is 13.0. The highest BCUT2D eigenvalue weighted by Gasteiger charge is 2.45. The van der Waals surface area contributed by atoms with Gasteiger partial charge in [0.2, 0.25) is 0 Å². The fraction of sp³-hybridized carbons (Fsp3) is 0.684. The third-order valence-electron chi connectivity index (χ3n) is 5.26. The Balaban J connectivity index is 2.02. The third kappa shape index (κ3) is 3.02.